The van der Waals surface area contributed by atoms with Crippen molar-refractivity contribution in [1.82, 2.24) is 0 Å². The monoisotopic (exact) mass is 322 g/mol. The van der Waals surface area contributed by atoms with Crippen LogP contribution in [0.2, 0.25) is 0 Å². The number of benzene rings is 1. The molecule has 0 amide bonds. The van der Waals surface area contributed by atoms with Gasteiger partial charge in [-0.15, -0.1) is 11.6 Å². The van der Waals surface area contributed by atoms with E-state index in [2.05, 4.69) is 15.9 Å². The van der Waals surface area contributed by atoms with E-state index in [4.69, 9.17) is 21.8 Å². The van der Waals surface area contributed by atoms with E-state index in [0.29, 0.717) is 0 Å². The minimum Gasteiger partial charge on any atom is -0.479 e. The van der Waals surface area contributed by atoms with Crippen LogP contribution in [0.5, 0.6) is 0 Å². The standard InChI is InChI=1S/C10H8BrClO5/c11-6-3-1-5(2-4-6)7(12)10(17,8(13)14)9(15)16/h1-4,7,17H,(H,13,14)(H,15,16). The van der Waals surface area contributed by atoms with Crippen LogP contribution in [-0.2, 0) is 9.59 Å². The fraction of sp³-hybridized carbons (Fsp3) is 0.200. The highest BCUT2D eigenvalue weighted by atomic mass is 79.9. The van der Waals surface area contributed by atoms with Gasteiger partial charge in [0, 0.05) is 4.47 Å². The normalized spacial score (nSPS) is 13.1. The summed E-state index contributed by atoms with van der Waals surface area (Å²) in [5.74, 6) is -3.82. The molecule has 1 atom stereocenters. The summed E-state index contributed by atoms with van der Waals surface area (Å²) in [4.78, 5) is 21.6. The Morgan fingerprint density at radius 3 is 1.94 bits per heavy atom. The highest BCUT2D eigenvalue weighted by Crippen LogP contribution is 2.33. The summed E-state index contributed by atoms with van der Waals surface area (Å²) < 4.78 is 0.722. The van der Waals surface area contributed by atoms with Crippen molar-refractivity contribution in [3.8, 4) is 0 Å². The van der Waals surface area contributed by atoms with Crippen molar-refractivity contribution >= 4 is 39.5 Å². The summed E-state index contributed by atoms with van der Waals surface area (Å²) in [6, 6.07) is 5.99. The molecule has 0 aromatic heterocycles. The van der Waals surface area contributed by atoms with E-state index in [9.17, 15) is 14.7 Å². The van der Waals surface area contributed by atoms with Gasteiger partial charge in [0.15, 0.2) is 0 Å². The van der Waals surface area contributed by atoms with E-state index >= 15 is 0 Å². The maximum atomic E-state index is 10.8. The van der Waals surface area contributed by atoms with Crippen LogP contribution >= 0.6 is 27.5 Å². The molecule has 0 aliphatic rings. The molecule has 3 N–H and O–H groups in total. The molecule has 0 bridgehead atoms. The number of alkyl halides is 1. The topological polar surface area (TPSA) is 94.8 Å². The van der Waals surface area contributed by atoms with E-state index < -0.39 is 22.9 Å². The molecule has 92 valence electrons. The fourth-order valence-corrected chi connectivity index (χ4v) is 1.78. The van der Waals surface area contributed by atoms with Gasteiger partial charge in [0.25, 0.3) is 5.60 Å². The second-order valence-electron chi connectivity index (χ2n) is 3.29. The lowest BCUT2D eigenvalue weighted by atomic mass is 9.94. The molecule has 0 heterocycles. The molecule has 1 aromatic rings. The van der Waals surface area contributed by atoms with Gasteiger partial charge < -0.3 is 15.3 Å². The molecule has 0 spiro atoms. The average molecular weight is 324 g/mol. The Hall–Kier alpha value is -1.11. The van der Waals surface area contributed by atoms with Crippen molar-refractivity contribution in [3.05, 3.63) is 34.3 Å². The Labute approximate surface area is 110 Å². The molecule has 0 saturated carbocycles. The lowest BCUT2D eigenvalue weighted by Gasteiger charge is -2.24. The highest BCUT2D eigenvalue weighted by Gasteiger charge is 2.52. The molecule has 1 rings (SSSR count). The summed E-state index contributed by atoms with van der Waals surface area (Å²) in [6.07, 6.45) is 0. The molecular weight excluding hydrogens is 315 g/mol. The van der Waals surface area contributed by atoms with Gasteiger partial charge in [-0.3, -0.25) is 0 Å². The first kappa shape index (κ1) is 14.0. The Kier molecular flexibility index (Phi) is 4.13. The second-order valence-corrected chi connectivity index (χ2v) is 4.64. The Morgan fingerprint density at radius 2 is 1.59 bits per heavy atom. The number of hydrogen-bond acceptors (Lipinski definition) is 3. The molecule has 0 fully saturated rings. The third-order valence-electron chi connectivity index (χ3n) is 2.18. The molecule has 17 heavy (non-hydrogen) atoms. The van der Waals surface area contributed by atoms with Gasteiger partial charge in [0.1, 0.15) is 5.38 Å². The Bertz CT molecular complexity index is 431. The smallest absolute Gasteiger partial charge is 0.349 e. The van der Waals surface area contributed by atoms with Crippen LogP contribution in [0.4, 0.5) is 0 Å². The molecule has 5 nitrogen and oxygen atoms in total. The van der Waals surface area contributed by atoms with E-state index in [0.717, 1.165) is 4.47 Å². The lowest BCUT2D eigenvalue weighted by molar-refractivity contribution is -0.176. The first-order valence-corrected chi connectivity index (χ1v) is 5.61. The van der Waals surface area contributed by atoms with E-state index in [1.807, 2.05) is 0 Å². The third-order valence-corrected chi connectivity index (χ3v) is 3.28. The van der Waals surface area contributed by atoms with Crippen molar-refractivity contribution in [3.63, 3.8) is 0 Å². The Balaban J connectivity index is 3.17. The molecule has 0 saturated heterocycles. The highest BCUT2D eigenvalue weighted by molar-refractivity contribution is 9.10. The molecule has 1 unspecified atom stereocenters. The van der Waals surface area contributed by atoms with Crippen molar-refractivity contribution in [2.45, 2.75) is 11.0 Å². The lowest BCUT2D eigenvalue weighted by Crippen LogP contribution is -2.50. The second kappa shape index (κ2) is 5.03. The minimum absolute atomic E-state index is 0.196. The summed E-state index contributed by atoms with van der Waals surface area (Å²) >= 11 is 8.89. The molecule has 1 aromatic carbocycles. The number of carboxylic acids is 2. The van der Waals surface area contributed by atoms with Crippen LogP contribution in [-0.4, -0.2) is 32.9 Å². The zero-order valence-corrected chi connectivity index (χ0v) is 10.6. The zero-order chi connectivity index (χ0) is 13.2. The predicted molar refractivity (Wildman–Crippen MR) is 63.0 cm³/mol. The number of carboxylic acid groups (broad SMARTS) is 2. The van der Waals surface area contributed by atoms with Crippen LogP contribution in [0.1, 0.15) is 10.9 Å². The van der Waals surface area contributed by atoms with Crippen molar-refractivity contribution in [2.75, 3.05) is 0 Å². The van der Waals surface area contributed by atoms with Crippen LogP contribution in [0, 0.1) is 0 Å². The summed E-state index contributed by atoms with van der Waals surface area (Å²) in [5, 5.41) is 25.6. The van der Waals surface area contributed by atoms with Crippen LogP contribution in [0.15, 0.2) is 28.7 Å². The van der Waals surface area contributed by atoms with Gasteiger partial charge in [0.05, 0.1) is 0 Å². The van der Waals surface area contributed by atoms with Crippen LogP contribution in [0.25, 0.3) is 0 Å². The minimum atomic E-state index is -3.06. The van der Waals surface area contributed by atoms with Crippen LogP contribution < -0.4 is 0 Å². The van der Waals surface area contributed by atoms with Crippen molar-refractivity contribution in [1.29, 1.82) is 0 Å². The van der Waals surface area contributed by atoms with Crippen LogP contribution in [0.3, 0.4) is 0 Å². The number of rotatable bonds is 4. The molecule has 7 heteroatoms. The van der Waals surface area contributed by atoms with E-state index in [-0.39, 0.29) is 5.56 Å². The zero-order valence-electron chi connectivity index (χ0n) is 8.30. The third kappa shape index (κ3) is 2.59. The van der Waals surface area contributed by atoms with Gasteiger partial charge >= 0.3 is 11.9 Å². The molecule has 0 aliphatic carbocycles. The Morgan fingerprint density at radius 1 is 1.18 bits per heavy atom. The first-order valence-electron chi connectivity index (χ1n) is 4.38. The van der Waals surface area contributed by atoms with E-state index in [1.165, 1.54) is 12.1 Å². The number of aliphatic hydroxyl groups is 1. The summed E-state index contributed by atoms with van der Waals surface area (Å²) in [6.45, 7) is 0. The maximum absolute atomic E-state index is 10.8. The van der Waals surface area contributed by atoms with Gasteiger partial charge in [-0.25, -0.2) is 9.59 Å². The fourth-order valence-electron chi connectivity index (χ4n) is 1.18. The summed E-state index contributed by atoms with van der Waals surface area (Å²) in [5.41, 5.74) is -2.86. The maximum Gasteiger partial charge on any atom is 0.349 e. The predicted octanol–water partition coefficient (Wildman–Crippen LogP) is 1.63. The molecule has 0 aliphatic heterocycles. The number of aliphatic carboxylic acids is 2. The number of hydrogen-bond donors (Lipinski definition) is 3. The summed E-state index contributed by atoms with van der Waals surface area (Å²) in [7, 11) is 0. The van der Waals surface area contributed by atoms with Crippen molar-refractivity contribution in [2.24, 2.45) is 0 Å². The molecular formula is C10H8BrClO5. The van der Waals surface area contributed by atoms with Crippen molar-refractivity contribution < 1.29 is 24.9 Å². The van der Waals surface area contributed by atoms with Gasteiger partial charge in [-0.1, -0.05) is 28.1 Å². The quantitative estimate of drug-likeness (QED) is 0.578. The SMILES string of the molecule is O=C(O)C(O)(C(=O)O)C(Cl)c1ccc(Br)cc1. The van der Waals surface area contributed by atoms with E-state index in [1.54, 1.807) is 12.1 Å². The largest absolute Gasteiger partial charge is 0.479 e. The molecule has 0 radical (unpaired) electrons. The number of halogens is 2. The van der Waals surface area contributed by atoms with Gasteiger partial charge in [-0.05, 0) is 17.7 Å². The van der Waals surface area contributed by atoms with Gasteiger partial charge in [0.2, 0.25) is 0 Å². The van der Waals surface area contributed by atoms with Gasteiger partial charge in [-0.2, -0.15) is 0 Å². The first-order chi connectivity index (χ1) is 7.80. The average Bonchev–Trinajstić information content (AvgIpc) is 2.27. The number of carbonyl (C=O) groups is 2.